The molecular formula is C49H66N14O2. The molecule has 3 aliphatic rings. The predicted octanol–water partition coefficient (Wildman–Crippen LogP) is 8.46. The van der Waals surface area contributed by atoms with Crippen LogP contribution in [0.3, 0.4) is 0 Å². The summed E-state index contributed by atoms with van der Waals surface area (Å²) in [4.78, 5) is 55.8. The van der Waals surface area contributed by atoms with Gasteiger partial charge < -0.3 is 40.7 Å². The minimum Gasteiger partial charge on any atom is -0.506 e. The van der Waals surface area contributed by atoms with Gasteiger partial charge in [0.1, 0.15) is 5.76 Å². The number of benzene rings is 2. The summed E-state index contributed by atoms with van der Waals surface area (Å²) in [5.41, 5.74) is 7.70. The molecule has 65 heavy (non-hydrogen) atoms. The maximum atomic E-state index is 13.7. The number of ketones is 1. The molecule has 0 fully saturated rings. The van der Waals surface area contributed by atoms with E-state index in [4.69, 9.17) is 34.9 Å². The van der Waals surface area contributed by atoms with Crippen LogP contribution in [0.4, 0.5) is 47.1 Å². The SMILES string of the molecule is CCN(CC)c1nc(NCc2ccc3c(c2)C(C)C(=CC2=C(O)C(=CC4=Nc5ccc(CNc6nc(N(CC)CC)nc(N(CC)CC)n6)cc5C4(C)C)C2=O)N3)nc(N(CC)CC)n1. The molecule has 2 aromatic carbocycles. The Hall–Kier alpha value is -6.58. The zero-order chi connectivity index (χ0) is 46.6. The first-order valence-corrected chi connectivity index (χ1v) is 23.3. The van der Waals surface area contributed by atoms with Crippen molar-refractivity contribution in [3.8, 4) is 0 Å². The summed E-state index contributed by atoms with van der Waals surface area (Å²) >= 11 is 0. The van der Waals surface area contributed by atoms with E-state index in [1.54, 1.807) is 12.2 Å². The Morgan fingerprint density at radius 3 is 1.58 bits per heavy atom. The maximum absolute atomic E-state index is 13.7. The fourth-order valence-corrected chi connectivity index (χ4v) is 8.52. The second kappa shape index (κ2) is 19.7. The molecule has 4 N–H and O–H groups in total. The van der Waals surface area contributed by atoms with Crippen molar-refractivity contribution in [2.75, 3.05) is 87.9 Å². The van der Waals surface area contributed by atoms with E-state index in [9.17, 15) is 9.90 Å². The fraction of sp³-hybridized carbons (Fsp3) is 0.469. The molecule has 16 heteroatoms. The van der Waals surface area contributed by atoms with Crippen LogP contribution in [0.2, 0.25) is 0 Å². The summed E-state index contributed by atoms with van der Waals surface area (Å²) in [6.45, 7) is 30.5. The number of carbonyl (C=O) groups is 1. The molecule has 0 saturated carbocycles. The first-order valence-electron chi connectivity index (χ1n) is 23.3. The normalized spacial score (nSPS) is 17.1. The molecule has 2 aliphatic heterocycles. The number of aliphatic imine (C=N–C) groups is 1. The standard InChI is InChI=1S/C49H66N14O2/c1-12-60(13-2)45-54-43(55-46(58-45)61(14-3)15-4)50-28-31-20-22-37-33(24-31)30(9)39(52-37)26-34-41(64)35(42(34)65)27-40-49(10,11)36-25-32(21-23-38(36)53-40)29-51-44-56-47(62(16-5)17-6)59-48(57-44)63(18-7)19-8/h20-27,30,52,64H,12-19,28-29H2,1-11H3,(H,50,54,55,58)(H,51,56,57,59). The number of aliphatic hydroxyl groups is 1. The van der Waals surface area contributed by atoms with Crippen molar-refractivity contribution in [3.05, 3.63) is 93.4 Å². The van der Waals surface area contributed by atoms with Gasteiger partial charge in [-0.3, -0.25) is 9.79 Å². The largest absolute Gasteiger partial charge is 0.506 e. The smallest absolute Gasteiger partial charge is 0.231 e. The number of hydrogen-bond acceptors (Lipinski definition) is 16. The Balaban J connectivity index is 1.03. The van der Waals surface area contributed by atoms with E-state index < -0.39 is 5.41 Å². The zero-order valence-corrected chi connectivity index (χ0v) is 40.0. The van der Waals surface area contributed by atoms with Gasteiger partial charge in [-0.1, -0.05) is 45.0 Å². The fourth-order valence-electron chi connectivity index (χ4n) is 8.52. The molecule has 0 spiro atoms. The summed E-state index contributed by atoms with van der Waals surface area (Å²) in [7, 11) is 0. The Bertz CT molecular complexity index is 2470. The van der Waals surface area contributed by atoms with Crippen molar-refractivity contribution < 1.29 is 9.90 Å². The molecule has 16 nitrogen and oxygen atoms in total. The van der Waals surface area contributed by atoms with Crippen molar-refractivity contribution >= 4 is 58.6 Å². The predicted molar refractivity (Wildman–Crippen MR) is 264 cm³/mol. The second-order valence-electron chi connectivity index (χ2n) is 16.9. The van der Waals surface area contributed by atoms with E-state index in [0.29, 0.717) is 48.8 Å². The molecule has 7 rings (SSSR count). The number of anilines is 7. The number of rotatable bonds is 20. The van der Waals surface area contributed by atoms with Crippen LogP contribution in [-0.2, 0) is 23.3 Å². The van der Waals surface area contributed by atoms with Gasteiger partial charge in [0.05, 0.1) is 22.5 Å². The third-order valence-electron chi connectivity index (χ3n) is 12.8. The number of hydrogen-bond donors (Lipinski definition) is 4. The summed E-state index contributed by atoms with van der Waals surface area (Å²) in [6, 6.07) is 12.5. The number of Topliss-reactive ketones (excluding diaryl/α,β-unsaturated/α-hetero) is 1. The number of aromatic nitrogens is 6. The molecule has 0 bridgehead atoms. The van der Waals surface area contributed by atoms with Crippen molar-refractivity contribution in [2.24, 2.45) is 4.99 Å². The van der Waals surface area contributed by atoms with Gasteiger partial charge in [0, 0.05) is 88.2 Å². The van der Waals surface area contributed by atoms with Gasteiger partial charge in [-0.25, -0.2) is 0 Å². The van der Waals surface area contributed by atoms with Crippen molar-refractivity contribution in [1.82, 2.24) is 29.9 Å². The van der Waals surface area contributed by atoms with E-state index in [1.807, 2.05) is 12.1 Å². The molecule has 2 aromatic heterocycles. The quantitative estimate of drug-likeness (QED) is 0.0622. The molecule has 1 atom stereocenters. The lowest BCUT2D eigenvalue weighted by atomic mass is 9.78. The van der Waals surface area contributed by atoms with Crippen LogP contribution in [0, 0.1) is 0 Å². The van der Waals surface area contributed by atoms with Gasteiger partial charge in [0.25, 0.3) is 0 Å². The molecule has 1 unspecified atom stereocenters. The summed E-state index contributed by atoms with van der Waals surface area (Å²) < 4.78 is 0. The molecule has 0 saturated heterocycles. The number of carbonyl (C=O) groups excluding carboxylic acids is 1. The van der Waals surface area contributed by atoms with Gasteiger partial charge in [-0.15, -0.1) is 0 Å². The van der Waals surface area contributed by atoms with Crippen LogP contribution in [0.25, 0.3) is 0 Å². The van der Waals surface area contributed by atoms with Gasteiger partial charge >= 0.3 is 0 Å². The molecule has 4 aromatic rings. The molecular weight excluding hydrogens is 817 g/mol. The van der Waals surface area contributed by atoms with Gasteiger partial charge in [-0.2, -0.15) is 29.9 Å². The lowest BCUT2D eigenvalue weighted by molar-refractivity contribution is -0.113. The average molecular weight is 883 g/mol. The molecule has 344 valence electrons. The Labute approximate surface area is 384 Å². The van der Waals surface area contributed by atoms with Crippen LogP contribution < -0.4 is 35.6 Å². The summed E-state index contributed by atoms with van der Waals surface area (Å²) in [6.07, 6.45) is 3.53. The Morgan fingerprint density at radius 1 is 0.662 bits per heavy atom. The number of fused-ring (bicyclic) bond motifs is 2. The van der Waals surface area contributed by atoms with E-state index in [0.717, 1.165) is 97.4 Å². The highest BCUT2D eigenvalue weighted by Gasteiger charge is 2.39. The highest BCUT2D eigenvalue weighted by Crippen LogP contribution is 2.44. The van der Waals surface area contributed by atoms with Crippen molar-refractivity contribution in [2.45, 2.75) is 101 Å². The van der Waals surface area contributed by atoms with Gasteiger partial charge in [0.15, 0.2) is 0 Å². The summed E-state index contributed by atoms with van der Waals surface area (Å²) in [5, 5.41) is 21.7. The number of nitrogens with one attached hydrogen (secondary N) is 3. The molecule has 0 radical (unpaired) electrons. The number of nitrogens with zero attached hydrogens (tertiary/aromatic N) is 11. The molecule has 4 heterocycles. The van der Waals surface area contributed by atoms with Crippen LogP contribution >= 0.6 is 0 Å². The highest BCUT2D eigenvalue weighted by atomic mass is 16.3. The summed E-state index contributed by atoms with van der Waals surface area (Å²) in [5.74, 6) is 3.43. The highest BCUT2D eigenvalue weighted by molar-refractivity contribution is 6.25. The van der Waals surface area contributed by atoms with E-state index in [2.05, 4.69) is 136 Å². The van der Waals surface area contributed by atoms with Crippen molar-refractivity contribution in [3.63, 3.8) is 0 Å². The lowest BCUT2D eigenvalue weighted by Gasteiger charge is -2.24. The molecule has 1 aliphatic carbocycles. The zero-order valence-electron chi connectivity index (χ0n) is 40.0. The minimum absolute atomic E-state index is 0.0206. The van der Waals surface area contributed by atoms with Gasteiger partial charge in [-0.05, 0) is 102 Å². The van der Waals surface area contributed by atoms with Crippen LogP contribution in [-0.4, -0.2) is 98.9 Å². The van der Waals surface area contributed by atoms with Crippen LogP contribution in [0.5, 0.6) is 0 Å². The molecule has 0 amide bonds. The van der Waals surface area contributed by atoms with Crippen molar-refractivity contribution in [1.29, 1.82) is 0 Å². The minimum atomic E-state index is -0.507. The number of aliphatic hydroxyl groups excluding tert-OH is 1. The number of allylic oxidation sites excluding steroid dienone is 5. The Kier molecular flexibility index (Phi) is 14.0. The maximum Gasteiger partial charge on any atom is 0.231 e. The monoisotopic (exact) mass is 883 g/mol. The van der Waals surface area contributed by atoms with E-state index >= 15 is 0 Å². The van der Waals surface area contributed by atoms with Crippen LogP contribution in [0.1, 0.15) is 104 Å². The Morgan fingerprint density at radius 2 is 1.12 bits per heavy atom. The lowest BCUT2D eigenvalue weighted by Crippen LogP contribution is -2.29. The second-order valence-corrected chi connectivity index (χ2v) is 16.9. The first-order chi connectivity index (χ1) is 31.3. The average Bonchev–Trinajstić information content (AvgIpc) is 3.76. The van der Waals surface area contributed by atoms with E-state index in [1.165, 1.54) is 0 Å². The topological polar surface area (TPSA) is 176 Å². The van der Waals surface area contributed by atoms with Crippen LogP contribution in [0.15, 0.2) is 76.1 Å². The third-order valence-corrected chi connectivity index (χ3v) is 12.8. The first kappa shape index (κ1) is 46.4. The third kappa shape index (κ3) is 9.34. The van der Waals surface area contributed by atoms with E-state index in [-0.39, 0.29) is 28.6 Å². The van der Waals surface area contributed by atoms with Gasteiger partial charge in [0.2, 0.25) is 41.5 Å².